The SMILES string of the molecule is O=C(NCCCN1CCOCC1)C1C2CCC(C(O)C2)C1C(=O)NC(=O)C1C2CCC(CC2O)C1C(=O)NCCCN1CCOCC1. The first-order valence-corrected chi connectivity index (χ1v) is 18.2. The zero-order valence-electron chi connectivity index (χ0n) is 27.7. The molecule has 0 spiro atoms. The number of aliphatic hydroxyl groups is 2. The zero-order chi connectivity index (χ0) is 32.9. The third-order valence-corrected chi connectivity index (χ3v) is 12.1. The van der Waals surface area contributed by atoms with Gasteiger partial charge in [0.25, 0.3) is 0 Å². The topological polar surface area (TPSA) is 170 Å². The molecule has 0 aromatic heterocycles. The molecule has 264 valence electrons. The molecule has 0 aromatic carbocycles. The minimum atomic E-state index is -0.821. The molecule has 2 saturated heterocycles. The van der Waals surface area contributed by atoms with Crippen molar-refractivity contribution in [3.05, 3.63) is 0 Å². The summed E-state index contributed by atoms with van der Waals surface area (Å²) in [6.07, 6.45) is 3.89. The van der Waals surface area contributed by atoms with Crippen LogP contribution in [-0.2, 0) is 28.7 Å². The van der Waals surface area contributed by atoms with Crippen LogP contribution in [-0.4, -0.2) is 135 Å². The predicted octanol–water partition coefficient (Wildman–Crippen LogP) is -0.647. The first kappa shape index (κ1) is 34.7. The molecule has 6 saturated carbocycles. The second-order valence-electron chi connectivity index (χ2n) is 14.8. The maximum absolute atomic E-state index is 13.9. The van der Waals surface area contributed by atoms with Gasteiger partial charge < -0.3 is 30.3 Å². The number of carbonyl (C=O) groups excluding carboxylic acids is 4. The van der Waals surface area contributed by atoms with E-state index >= 15 is 0 Å². The molecule has 4 bridgehead atoms. The summed E-state index contributed by atoms with van der Waals surface area (Å²) in [5.74, 6) is -5.43. The van der Waals surface area contributed by atoms with E-state index in [-0.39, 0.29) is 23.7 Å². The number of carbonyl (C=O) groups is 4. The Hall–Kier alpha value is -2.16. The lowest BCUT2D eigenvalue weighted by Crippen LogP contribution is -2.61. The predicted molar refractivity (Wildman–Crippen MR) is 171 cm³/mol. The molecule has 13 nitrogen and oxygen atoms in total. The zero-order valence-corrected chi connectivity index (χ0v) is 27.7. The second kappa shape index (κ2) is 16.0. The number of hydrogen-bond acceptors (Lipinski definition) is 10. The van der Waals surface area contributed by atoms with Crippen LogP contribution in [0.1, 0.15) is 51.4 Å². The highest BCUT2D eigenvalue weighted by molar-refractivity contribution is 6.01. The van der Waals surface area contributed by atoms with Crippen LogP contribution in [0.5, 0.6) is 0 Å². The normalized spacial score (nSPS) is 37.3. The fourth-order valence-electron chi connectivity index (χ4n) is 9.68. The van der Waals surface area contributed by atoms with Gasteiger partial charge in [-0.3, -0.25) is 34.3 Å². The van der Waals surface area contributed by atoms with Gasteiger partial charge in [-0.1, -0.05) is 0 Å². The van der Waals surface area contributed by atoms with E-state index in [0.29, 0.717) is 38.8 Å². The highest BCUT2D eigenvalue weighted by Crippen LogP contribution is 2.51. The minimum absolute atomic E-state index is 0.136. The highest BCUT2D eigenvalue weighted by atomic mass is 16.5. The van der Waals surface area contributed by atoms with Crippen LogP contribution in [0.25, 0.3) is 0 Å². The van der Waals surface area contributed by atoms with Crippen LogP contribution in [0.3, 0.4) is 0 Å². The Morgan fingerprint density at radius 3 is 1.36 bits per heavy atom. The van der Waals surface area contributed by atoms with Crippen molar-refractivity contribution in [3.8, 4) is 0 Å². The molecule has 5 N–H and O–H groups in total. The van der Waals surface area contributed by atoms with Gasteiger partial charge in [0.15, 0.2) is 0 Å². The van der Waals surface area contributed by atoms with Crippen LogP contribution in [0, 0.1) is 47.3 Å². The van der Waals surface area contributed by atoms with Gasteiger partial charge in [0.1, 0.15) is 0 Å². The number of rotatable bonds is 12. The van der Waals surface area contributed by atoms with Gasteiger partial charge in [-0.25, -0.2) is 0 Å². The number of nitrogens with one attached hydrogen (secondary N) is 3. The molecule has 2 aliphatic heterocycles. The molecule has 6 aliphatic carbocycles. The lowest BCUT2D eigenvalue weighted by Gasteiger charge is -2.50. The van der Waals surface area contributed by atoms with E-state index in [1.165, 1.54) is 0 Å². The van der Waals surface area contributed by atoms with E-state index in [1.54, 1.807) is 0 Å². The Bertz CT molecular complexity index is 1030. The Balaban J connectivity index is 1.07. The summed E-state index contributed by atoms with van der Waals surface area (Å²) in [7, 11) is 0. The number of imide groups is 1. The molecule has 8 aliphatic rings. The average Bonchev–Trinajstić information content (AvgIpc) is 3.09. The summed E-state index contributed by atoms with van der Waals surface area (Å²) >= 11 is 0. The standard InChI is InChI=1S/C34H55N5O8/c40-25-19-21-3-5-23(25)29(27(21)31(42)35-7-1-9-38-11-15-46-16-12-38)33(44)37-34(45)30-24-6-4-22(20-26(24)41)28(30)32(43)36-8-2-10-39-13-17-47-18-14-39/h21-30,40-41H,1-20H2,(H,35,42)(H,36,43)(H,37,44,45). The van der Waals surface area contributed by atoms with Crippen molar-refractivity contribution >= 4 is 23.6 Å². The first-order valence-electron chi connectivity index (χ1n) is 18.2. The summed E-state index contributed by atoms with van der Waals surface area (Å²) < 4.78 is 10.8. The minimum Gasteiger partial charge on any atom is -0.393 e. The maximum Gasteiger partial charge on any atom is 0.230 e. The molecule has 8 rings (SSSR count). The first-order chi connectivity index (χ1) is 22.8. The number of hydrogen-bond donors (Lipinski definition) is 5. The number of ether oxygens (including phenoxy) is 2. The van der Waals surface area contributed by atoms with Crippen LogP contribution in [0.4, 0.5) is 0 Å². The van der Waals surface area contributed by atoms with E-state index in [9.17, 15) is 29.4 Å². The number of morpholine rings is 2. The summed E-state index contributed by atoms with van der Waals surface area (Å²) in [6, 6.07) is 0. The monoisotopic (exact) mass is 661 g/mol. The van der Waals surface area contributed by atoms with Gasteiger partial charge in [-0.15, -0.1) is 0 Å². The molecular formula is C34H55N5O8. The van der Waals surface area contributed by atoms with E-state index < -0.39 is 59.5 Å². The summed E-state index contributed by atoms with van der Waals surface area (Å²) in [6.45, 7) is 9.10. The molecule has 0 aromatic rings. The lowest BCUT2D eigenvalue weighted by atomic mass is 9.56. The fourth-order valence-corrected chi connectivity index (χ4v) is 9.68. The fraction of sp³-hybridized carbons (Fsp3) is 0.882. The maximum atomic E-state index is 13.9. The molecule has 0 radical (unpaired) electrons. The Morgan fingerprint density at radius 1 is 0.574 bits per heavy atom. The molecule has 2 heterocycles. The van der Waals surface area contributed by atoms with Gasteiger partial charge in [0, 0.05) is 39.3 Å². The third-order valence-electron chi connectivity index (χ3n) is 12.1. The van der Waals surface area contributed by atoms with Gasteiger partial charge in [0.05, 0.1) is 62.3 Å². The molecule has 8 fully saturated rings. The van der Waals surface area contributed by atoms with Crippen molar-refractivity contribution in [2.75, 3.05) is 78.8 Å². The Labute approximate surface area is 277 Å². The molecule has 13 heteroatoms. The summed E-state index contributed by atoms with van der Waals surface area (Å²) in [5.41, 5.74) is 0. The highest BCUT2D eigenvalue weighted by Gasteiger charge is 2.56. The van der Waals surface area contributed by atoms with Crippen LogP contribution < -0.4 is 16.0 Å². The van der Waals surface area contributed by atoms with E-state index in [2.05, 4.69) is 25.8 Å². The second-order valence-corrected chi connectivity index (χ2v) is 14.8. The van der Waals surface area contributed by atoms with Crippen molar-refractivity contribution in [1.29, 1.82) is 0 Å². The van der Waals surface area contributed by atoms with E-state index in [0.717, 1.165) is 91.4 Å². The van der Waals surface area contributed by atoms with Gasteiger partial charge >= 0.3 is 0 Å². The largest absolute Gasteiger partial charge is 0.393 e. The Morgan fingerprint density at radius 2 is 0.979 bits per heavy atom. The smallest absolute Gasteiger partial charge is 0.230 e. The number of fused-ring (bicyclic) bond motifs is 6. The number of nitrogens with zero attached hydrogens (tertiary/aromatic N) is 2. The third kappa shape index (κ3) is 8.02. The number of amides is 4. The van der Waals surface area contributed by atoms with Gasteiger partial charge in [0.2, 0.25) is 23.6 Å². The molecule has 10 atom stereocenters. The van der Waals surface area contributed by atoms with Crippen molar-refractivity contribution in [1.82, 2.24) is 25.8 Å². The molecule has 4 amide bonds. The quantitative estimate of drug-likeness (QED) is 0.134. The molecular weight excluding hydrogens is 606 g/mol. The van der Waals surface area contributed by atoms with Crippen LogP contribution in [0.2, 0.25) is 0 Å². The van der Waals surface area contributed by atoms with E-state index in [4.69, 9.17) is 9.47 Å². The van der Waals surface area contributed by atoms with Crippen molar-refractivity contribution < 1.29 is 38.9 Å². The van der Waals surface area contributed by atoms with Crippen molar-refractivity contribution in [2.24, 2.45) is 47.3 Å². The van der Waals surface area contributed by atoms with Crippen molar-refractivity contribution in [3.63, 3.8) is 0 Å². The van der Waals surface area contributed by atoms with Crippen molar-refractivity contribution in [2.45, 2.75) is 63.6 Å². The van der Waals surface area contributed by atoms with Crippen LogP contribution >= 0.6 is 0 Å². The van der Waals surface area contributed by atoms with Crippen LogP contribution in [0.15, 0.2) is 0 Å². The van der Waals surface area contributed by atoms with E-state index in [1.807, 2.05) is 0 Å². The molecule has 47 heavy (non-hydrogen) atoms. The summed E-state index contributed by atoms with van der Waals surface area (Å²) in [5, 5.41) is 30.5. The summed E-state index contributed by atoms with van der Waals surface area (Å²) in [4.78, 5) is 59.7. The van der Waals surface area contributed by atoms with Gasteiger partial charge in [-0.2, -0.15) is 0 Å². The molecule has 10 unspecified atom stereocenters. The Kier molecular flexibility index (Phi) is 11.8. The number of aliphatic hydroxyl groups excluding tert-OH is 2. The lowest BCUT2D eigenvalue weighted by molar-refractivity contribution is -0.162. The average molecular weight is 662 g/mol. The van der Waals surface area contributed by atoms with Gasteiger partial charge in [-0.05, 0) is 88.1 Å².